The van der Waals surface area contributed by atoms with Gasteiger partial charge in [-0.2, -0.15) is 0 Å². The molecule has 3 N–H and O–H groups in total. The van der Waals surface area contributed by atoms with Crippen LogP contribution in [0.25, 0.3) is 27.8 Å². The van der Waals surface area contributed by atoms with Crippen LogP contribution in [0.2, 0.25) is 0 Å². The summed E-state index contributed by atoms with van der Waals surface area (Å²) in [4.78, 5) is 39.3. The number of hydrogen-bond acceptors (Lipinski definition) is 10. The first-order valence-corrected chi connectivity index (χ1v) is 13.7. The molecule has 5 heterocycles. The van der Waals surface area contributed by atoms with Crippen LogP contribution in [-0.2, 0) is 6.42 Å². The van der Waals surface area contributed by atoms with Crippen LogP contribution in [0.3, 0.4) is 0 Å². The molecule has 214 valence electrons. The van der Waals surface area contributed by atoms with Gasteiger partial charge in [0.1, 0.15) is 22.3 Å². The van der Waals surface area contributed by atoms with Crippen molar-refractivity contribution in [2.24, 2.45) is 5.41 Å². The van der Waals surface area contributed by atoms with Crippen LogP contribution in [-0.4, -0.2) is 82.3 Å². The van der Waals surface area contributed by atoms with Crippen LogP contribution in [0, 0.1) is 5.41 Å². The molecular weight excluding hydrogens is 536 g/mol. The monoisotopic (exact) mass is 566 g/mol. The Morgan fingerprint density at radius 1 is 1.12 bits per heavy atom. The van der Waals surface area contributed by atoms with E-state index in [-0.39, 0.29) is 22.7 Å². The average Bonchev–Trinajstić information content (AvgIpc) is 3.35. The molecule has 2 aliphatic heterocycles. The van der Waals surface area contributed by atoms with E-state index in [1.165, 1.54) is 55.9 Å². The van der Waals surface area contributed by atoms with Crippen LogP contribution < -0.4 is 21.4 Å². The van der Waals surface area contributed by atoms with Crippen LogP contribution in [0.1, 0.15) is 15.9 Å². The molecule has 3 aromatic heterocycles. The van der Waals surface area contributed by atoms with Crippen LogP contribution in [0.4, 0.5) is 11.5 Å². The number of methoxy groups -OCH3 is 1. The highest BCUT2D eigenvalue weighted by Gasteiger charge is 2.49. The van der Waals surface area contributed by atoms with E-state index < -0.39 is 11.5 Å². The van der Waals surface area contributed by atoms with Crippen molar-refractivity contribution < 1.29 is 13.9 Å². The molecule has 2 aromatic carbocycles. The normalized spacial score (nSPS) is 16.4. The first-order valence-electron chi connectivity index (χ1n) is 13.7. The van der Waals surface area contributed by atoms with E-state index in [9.17, 15) is 9.59 Å². The number of carbonyl (C=O) groups is 1. The van der Waals surface area contributed by atoms with Crippen molar-refractivity contribution in [2.75, 3.05) is 57.9 Å². The Kier molecular flexibility index (Phi) is 6.17. The van der Waals surface area contributed by atoms with Crippen molar-refractivity contribution in [3.8, 4) is 11.7 Å². The Morgan fingerprint density at radius 3 is 2.64 bits per heavy atom. The molecule has 1 spiro atoms. The lowest BCUT2D eigenvalue weighted by atomic mass is 9.73. The lowest BCUT2D eigenvalue weighted by Gasteiger charge is -2.59. The number of anilines is 2. The van der Waals surface area contributed by atoms with E-state index >= 15 is 0 Å². The van der Waals surface area contributed by atoms with E-state index in [0.717, 1.165) is 13.0 Å². The Balaban J connectivity index is 1.04. The maximum Gasteiger partial charge on any atom is 0.347 e. The molecular formula is C30H30N8O4. The summed E-state index contributed by atoms with van der Waals surface area (Å²) >= 11 is 0. The Hall–Kier alpha value is -4.81. The Labute approximate surface area is 240 Å². The lowest BCUT2D eigenvalue weighted by molar-refractivity contribution is -0.103. The number of hydrogen-bond donors (Lipinski definition) is 2. The molecule has 0 saturated carbocycles. The molecule has 0 aliphatic carbocycles. The fourth-order valence-corrected chi connectivity index (χ4v) is 6.17. The Morgan fingerprint density at radius 2 is 1.90 bits per heavy atom. The summed E-state index contributed by atoms with van der Waals surface area (Å²) in [6.07, 6.45) is 3.81. The van der Waals surface area contributed by atoms with E-state index in [2.05, 4.69) is 37.2 Å². The van der Waals surface area contributed by atoms with Gasteiger partial charge in [0.05, 0.1) is 12.6 Å². The molecule has 7 rings (SSSR count). The first kappa shape index (κ1) is 26.1. The number of likely N-dealkylation sites (tertiary alicyclic amines) is 2. The zero-order chi connectivity index (χ0) is 29.0. The minimum Gasteiger partial charge on any atom is -0.497 e. The number of nitrogens with one attached hydrogen (secondary N) is 1. The average molecular weight is 567 g/mol. The number of ether oxygens (including phenoxy) is 1. The van der Waals surface area contributed by atoms with Gasteiger partial charge in [0, 0.05) is 67.7 Å². The summed E-state index contributed by atoms with van der Waals surface area (Å²) in [5.74, 6) is 0.325. The highest BCUT2D eigenvalue weighted by atomic mass is 16.5. The van der Waals surface area contributed by atoms with E-state index in [0.29, 0.717) is 33.3 Å². The van der Waals surface area contributed by atoms with E-state index in [1.54, 1.807) is 18.2 Å². The molecule has 12 heteroatoms. The third kappa shape index (κ3) is 4.64. The summed E-state index contributed by atoms with van der Waals surface area (Å²) in [7, 11) is 3.71. The van der Waals surface area contributed by atoms with Gasteiger partial charge in [0.15, 0.2) is 5.82 Å². The summed E-state index contributed by atoms with van der Waals surface area (Å²) in [6, 6.07) is 13.0. The molecule has 0 bridgehead atoms. The number of nitrogens with two attached hydrogens (primary N) is 1. The van der Waals surface area contributed by atoms with Crippen molar-refractivity contribution >= 4 is 39.3 Å². The van der Waals surface area contributed by atoms with Crippen LogP contribution >= 0.6 is 0 Å². The predicted molar refractivity (Wildman–Crippen MR) is 158 cm³/mol. The van der Waals surface area contributed by atoms with Gasteiger partial charge in [0.2, 0.25) is 0 Å². The number of aromatic nitrogens is 4. The van der Waals surface area contributed by atoms with Crippen molar-refractivity contribution in [1.29, 1.82) is 0 Å². The molecule has 2 fully saturated rings. The topological polar surface area (TPSA) is 145 Å². The van der Waals surface area contributed by atoms with Gasteiger partial charge in [-0.3, -0.25) is 4.79 Å². The number of rotatable bonds is 7. The lowest BCUT2D eigenvalue weighted by Crippen LogP contribution is -2.71. The minimum absolute atomic E-state index is 0.0277. The maximum atomic E-state index is 13.1. The van der Waals surface area contributed by atoms with Crippen molar-refractivity contribution in [3.05, 3.63) is 76.4 Å². The first-order chi connectivity index (χ1) is 20.3. The maximum absolute atomic E-state index is 13.1. The molecule has 0 atom stereocenters. The highest BCUT2D eigenvalue weighted by molar-refractivity contribution is 6.07. The van der Waals surface area contributed by atoms with Gasteiger partial charge in [0.25, 0.3) is 11.9 Å². The van der Waals surface area contributed by atoms with Crippen molar-refractivity contribution in [1.82, 2.24) is 29.5 Å². The number of amides is 1. The van der Waals surface area contributed by atoms with Crippen LogP contribution in [0.5, 0.6) is 5.75 Å². The molecule has 2 saturated heterocycles. The highest BCUT2D eigenvalue weighted by Crippen LogP contribution is 2.38. The molecule has 0 radical (unpaired) electrons. The zero-order valence-corrected chi connectivity index (χ0v) is 23.3. The second-order valence-electron chi connectivity index (χ2n) is 11.3. The second kappa shape index (κ2) is 9.93. The number of nitrogen functional groups attached to an aromatic ring is 1. The molecule has 12 nitrogen and oxygen atoms in total. The summed E-state index contributed by atoms with van der Waals surface area (Å²) < 4.78 is 12.0. The fourth-order valence-electron chi connectivity index (χ4n) is 6.17. The largest absolute Gasteiger partial charge is 0.497 e. The smallest absolute Gasteiger partial charge is 0.347 e. The number of fused-ring (bicyclic) bond motifs is 3. The molecule has 1 amide bonds. The molecule has 5 aromatic rings. The van der Waals surface area contributed by atoms with Gasteiger partial charge in [-0.25, -0.2) is 19.4 Å². The molecule has 2 aliphatic rings. The summed E-state index contributed by atoms with van der Waals surface area (Å²) in [5.41, 5.74) is 8.86. The fraction of sp³-hybridized carbons (Fsp3) is 0.300. The van der Waals surface area contributed by atoms with Gasteiger partial charge >= 0.3 is 5.63 Å². The van der Waals surface area contributed by atoms with E-state index in [1.807, 2.05) is 24.3 Å². The van der Waals surface area contributed by atoms with Gasteiger partial charge in [-0.05, 0) is 43.3 Å². The van der Waals surface area contributed by atoms with Gasteiger partial charge in [-0.1, -0.05) is 12.1 Å². The van der Waals surface area contributed by atoms with E-state index in [4.69, 9.17) is 14.9 Å². The number of benzene rings is 2. The second-order valence-corrected chi connectivity index (χ2v) is 11.3. The van der Waals surface area contributed by atoms with Crippen molar-refractivity contribution in [3.63, 3.8) is 0 Å². The van der Waals surface area contributed by atoms with Gasteiger partial charge < -0.3 is 30.0 Å². The zero-order valence-electron chi connectivity index (χ0n) is 23.3. The standard InChI is InChI=1S/C30H30N8O4/c1-36-14-30(15-36)16-37(17-30)10-9-18-3-5-19(6-4-18)33-27(39)23-13-38(35-26(23)31)29-32-12-22-25(34-29)21-8-7-20(41-2)11-24(21)42-28(22)40/h3-8,11-13H,9-10,14-17H2,1-2H3,(H2,31,35)(H,33,39). The third-order valence-electron chi connectivity index (χ3n) is 8.09. The third-order valence-corrected chi connectivity index (χ3v) is 8.09. The van der Waals surface area contributed by atoms with Gasteiger partial charge in [-0.15, -0.1) is 5.10 Å². The van der Waals surface area contributed by atoms with Crippen LogP contribution in [0.15, 0.2) is 64.1 Å². The molecule has 0 unspecified atom stereocenters. The molecule has 42 heavy (non-hydrogen) atoms. The van der Waals surface area contributed by atoms with Crippen molar-refractivity contribution in [2.45, 2.75) is 6.42 Å². The Bertz CT molecular complexity index is 1880. The number of nitrogens with zero attached hydrogens (tertiary/aromatic N) is 6. The summed E-state index contributed by atoms with van der Waals surface area (Å²) in [5, 5.41) is 7.97. The minimum atomic E-state index is -0.570. The predicted octanol–water partition coefficient (Wildman–Crippen LogP) is 2.55. The quantitative estimate of drug-likeness (QED) is 0.223. The number of carbonyl (C=O) groups excluding carboxylic acids is 1. The SMILES string of the molecule is COc1ccc2c(c1)oc(=O)c1cnc(-n3cc(C(=O)Nc4ccc(CCN5CC6(CN(C)C6)C5)cc4)c(N)n3)nc12. The summed E-state index contributed by atoms with van der Waals surface area (Å²) in [6.45, 7) is 5.84.